The van der Waals surface area contributed by atoms with Crippen LogP contribution in [0, 0.1) is 0 Å². The SMILES string of the molecule is CC(=O)NCC(F)CCN(O)C(=O)CCC(=O)NCC(F)CCN(O)C(C)=O. The molecular formula is C16H28F2N4O6. The van der Waals surface area contributed by atoms with E-state index in [4.69, 9.17) is 5.21 Å². The summed E-state index contributed by atoms with van der Waals surface area (Å²) >= 11 is 0. The van der Waals surface area contributed by atoms with E-state index in [1.54, 1.807) is 0 Å². The molecule has 4 N–H and O–H groups in total. The number of carbonyl (C=O) groups excluding carboxylic acids is 4. The summed E-state index contributed by atoms with van der Waals surface area (Å²) in [5.41, 5.74) is 0. The molecular weight excluding hydrogens is 382 g/mol. The Hall–Kier alpha value is -2.34. The fourth-order valence-electron chi connectivity index (χ4n) is 1.93. The van der Waals surface area contributed by atoms with E-state index < -0.39 is 36.0 Å². The molecule has 0 rings (SSSR count). The molecule has 0 aromatic rings. The highest BCUT2D eigenvalue weighted by Gasteiger charge is 2.17. The Morgan fingerprint density at radius 1 is 0.857 bits per heavy atom. The highest BCUT2D eigenvalue weighted by atomic mass is 19.1. The maximum atomic E-state index is 13.6. The van der Waals surface area contributed by atoms with Crippen LogP contribution in [-0.2, 0) is 19.2 Å². The molecule has 4 amide bonds. The normalized spacial score (nSPS) is 12.6. The van der Waals surface area contributed by atoms with Crippen LogP contribution in [0.1, 0.15) is 39.5 Å². The average Bonchev–Trinajstić information content (AvgIpc) is 2.64. The summed E-state index contributed by atoms with van der Waals surface area (Å²) in [5.74, 6) is -2.44. The monoisotopic (exact) mass is 410 g/mol. The van der Waals surface area contributed by atoms with E-state index in [0.717, 1.165) is 6.92 Å². The lowest BCUT2D eigenvalue weighted by molar-refractivity contribution is -0.166. The third kappa shape index (κ3) is 12.9. The second kappa shape index (κ2) is 13.8. The van der Waals surface area contributed by atoms with Crippen molar-refractivity contribution in [1.82, 2.24) is 20.8 Å². The maximum absolute atomic E-state index is 13.6. The van der Waals surface area contributed by atoms with E-state index in [1.807, 2.05) is 0 Å². The van der Waals surface area contributed by atoms with Crippen LogP contribution in [-0.4, -0.2) is 82.7 Å². The van der Waals surface area contributed by atoms with E-state index >= 15 is 0 Å². The van der Waals surface area contributed by atoms with Crippen LogP contribution >= 0.6 is 0 Å². The molecule has 162 valence electrons. The number of amides is 4. The molecule has 0 fully saturated rings. The zero-order valence-corrected chi connectivity index (χ0v) is 16.0. The molecule has 0 aliphatic rings. The second-order valence-corrected chi connectivity index (χ2v) is 6.17. The van der Waals surface area contributed by atoms with Crippen molar-refractivity contribution in [2.45, 2.75) is 51.9 Å². The number of carbonyl (C=O) groups is 4. The minimum Gasteiger partial charge on any atom is -0.353 e. The van der Waals surface area contributed by atoms with Gasteiger partial charge in [-0.2, -0.15) is 0 Å². The summed E-state index contributed by atoms with van der Waals surface area (Å²) in [6, 6.07) is 0. The predicted molar refractivity (Wildman–Crippen MR) is 92.6 cm³/mol. The Balaban J connectivity index is 3.96. The van der Waals surface area contributed by atoms with Crippen molar-refractivity contribution in [1.29, 1.82) is 0 Å². The third-order valence-corrected chi connectivity index (χ3v) is 3.62. The molecule has 0 aliphatic heterocycles. The van der Waals surface area contributed by atoms with Gasteiger partial charge in [0, 0.05) is 52.6 Å². The van der Waals surface area contributed by atoms with Gasteiger partial charge in [0.05, 0.1) is 13.1 Å². The first-order valence-corrected chi connectivity index (χ1v) is 8.78. The highest BCUT2D eigenvalue weighted by molar-refractivity contribution is 5.83. The van der Waals surface area contributed by atoms with Crippen LogP contribution in [0.5, 0.6) is 0 Å². The van der Waals surface area contributed by atoms with Gasteiger partial charge in [-0.15, -0.1) is 0 Å². The van der Waals surface area contributed by atoms with Crippen LogP contribution in [0.25, 0.3) is 0 Å². The topological polar surface area (TPSA) is 139 Å². The molecule has 28 heavy (non-hydrogen) atoms. The van der Waals surface area contributed by atoms with Crippen LogP contribution in [0.3, 0.4) is 0 Å². The van der Waals surface area contributed by atoms with Gasteiger partial charge in [-0.1, -0.05) is 0 Å². The average molecular weight is 410 g/mol. The molecule has 0 heterocycles. The molecule has 0 aromatic carbocycles. The zero-order valence-electron chi connectivity index (χ0n) is 16.0. The van der Waals surface area contributed by atoms with Crippen molar-refractivity contribution >= 4 is 23.6 Å². The van der Waals surface area contributed by atoms with Crippen molar-refractivity contribution in [3.05, 3.63) is 0 Å². The molecule has 0 spiro atoms. The van der Waals surface area contributed by atoms with Gasteiger partial charge in [0.25, 0.3) is 0 Å². The van der Waals surface area contributed by atoms with Crippen molar-refractivity contribution in [2.75, 3.05) is 26.2 Å². The Labute approximate surface area is 161 Å². The zero-order chi connectivity index (χ0) is 21.7. The Morgan fingerprint density at radius 3 is 1.86 bits per heavy atom. The second-order valence-electron chi connectivity index (χ2n) is 6.17. The van der Waals surface area contributed by atoms with E-state index in [1.165, 1.54) is 6.92 Å². The van der Waals surface area contributed by atoms with Gasteiger partial charge < -0.3 is 10.6 Å². The summed E-state index contributed by atoms with van der Waals surface area (Å²) < 4.78 is 27.0. The fraction of sp³-hybridized carbons (Fsp3) is 0.750. The summed E-state index contributed by atoms with van der Waals surface area (Å²) in [7, 11) is 0. The lowest BCUT2D eigenvalue weighted by Crippen LogP contribution is -2.35. The minimum absolute atomic E-state index is 0.178. The van der Waals surface area contributed by atoms with E-state index in [0.29, 0.717) is 10.1 Å². The lowest BCUT2D eigenvalue weighted by atomic mass is 10.2. The van der Waals surface area contributed by atoms with Crippen molar-refractivity contribution in [2.24, 2.45) is 0 Å². The van der Waals surface area contributed by atoms with Gasteiger partial charge in [-0.3, -0.25) is 29.6 Å². The van der Waals surface area contributed by atoms with Crippen molar-refractivity contribution in [3.63, 3.8) is 0 Å². The number of nitrogens with one attached hydrogen (secondary N) is 2. The standard InChI is InChI=1S/C16H28F2N4O6/c1-11(23)19-9-13(17)6-8-22(28)16(26)4-3-15(25)20-10-14(18)5-7-21(27)12(2)24/h13-14,27-28H,3-10H2,1-2H3,(H,19,23)(H,20,25). The smallest absolute Gasteiger partial charge is 0.246 e. The highest BCUT2D eigenvalue weighted by Crippen LogP contribution is 2.03. The van der Waals surface area contributed by atoms with E-state index in [9.17, 15) is 33.2 Å². The predicted octanol–water partition coefficient (Wildman–Crippen LogP) is -0.0692. The quantitative estimate of drug-likeness (QED) is 0.248. The Bertz CT molecular complexity index is 537. The summed E-state index contributed by atoms with van der Waals surface area (Å²) in [6.45, 7) is 1.24. The number of hydrogen-bond donors (Lipinski definition) is 4. The lowest BCUT2D eigenvalue weighted by Gasteiger charge is -2.17. The maximum Gasteiger partial charge on any atom is 0.246 e. The number of hydrogen-bond acceptors (Lipinski definition) is 6. The first-order chi connectivity index (χ1) is 13.0. The third-order valence-electron chi connectivity index (χ3n) is 3.62. The molecule has 0 saturated heterocycles. The Kier molecular flexibility index (Phi) is 12.6. The number of halogens is 2. The summed E-state index contributed by atoms with van der Waals surface area (Å²) in [4.78, 5) is 44.7. The molecule has 2 atom stereocenters. The Morgan fingerprint density at radius 2 is 1.36 bits per heavy atom. The van der Waals surface area contributed by atoms with Crippen LogP contribution in [0.15, 0.2) is 0 Å². The molecule has 0 saturated carbocycles. The van der Waals surface area contributed by atoms with Crippen molar-refractivity contribution < 1.29 is 38.4 Å². The van der Waals surface area contributed by atoms with Gasteiger partial charge in [0.15, 0.2) is 0 Å². The fourth-order valence-corrected chi connectivity index (χ4v) is 1.93. The van der Waals surface area contributed by atoms with Crippen LogP contribution < -0.4 is 10.6 Å². The molecule has 0 radical (unpaired) electrons. The van der Waals surface area contributed by atoms with Gasteiger partial charge >= 0.3 is 0 Å². The van der Waals surface area contributed by atoms with Gasteiger partial charge in [0.1, 0.15) is 12.3 Å². The molecule has 0 aliphatic carbocycles. The molecule has 0 bridgehead atoms. The van der Waals surface area contributed by atoms with Gasteiger partial charge in [0.2, 0.25) is 23.6 Å². The number of nitrogens with zero attached hydrogens (tertiary/aromatic N) is 2. The van der Waals surface area contributed by atoms with Gasteiger partial charge in [-0.25, -0.2) is 18.9 Å². The summed E-state index contributed by atoms with van der Waals surface area (Å²) in [6.07, 6.45) is -3.95. The molecule has 10 nitrogen and oxygen atoms in total. The first kappa shape index (κ1) is 25.7. The van der Waals surface area contributed by atoms with Crippen molar-refractivity contribution in [3.8, 4) is 0 Å². The largest absolute Gasteiger partial charge is 0.353 e. The number of hydroxylamine groups is 4. The van der Waals surface area contributed by atoms with Crippen LogP contribution in [0.2, 0.25) is 0 Å². The van der Waals surface area contributed by atoms with E-state index in [2.05, 4.69) is 10.6 Å². The number of alkyl halides is 2. The molecule has 12 heteroatoms. The first-order valence-electron chi connectivity index (χ1n) is 8.78. The van der Waals surface area contributed by atoms with Crippen LogP contribution in [0.4, 0.5) is 8.78 Å². The summed E-state index contributed by atoms with van der Waals surface area (Å²) in [5, 5.41) is 23.8. The van der Waals surface area contributed by atoms with Gasteiger partial charge in [-0.05, 0) is 0 Å². The van der Waals surface area contributed by atoms with E-state index in [-0.39, 0.29) is 51.9 Å². The molecule has 2 unspecified atom stereocenters. The molecule has 0 aromatic heterocycles. The minimum atomic E-state index is -1.49. The number of rotatable bonds is 13.